The molecule has 1 unspecified atom stereocenters. The third-order valence-electron chi connectivity index (χ3n) is 5.21. The number of hydrogen-bond donors (Lipinski definition) is 1. The number of carbonyl (C=O) groups is 1. The summed E-state index contributed by atoms with van der Waals surface area (Å²) in [7, 11) is 0. The first-order valence-corrected chi connectivity index (χ1v) is 10.8. The minimum absolute atomic E-state index is 0.0608. The van der Waals surface area contributed by atoms with Crippen molar-refractivity contribution >= 4 is 27.5 Å². The zero-order valence-electron chi connectivity index (χ0n) is 16.1. The highest BCUT2D eigenvalue weighted by Gasteiger charge is 2.25. The molecule has 1 aliphatic rings. The van der Waals surface area contributed by atoms with Crippen LogP contribution in [0.3, 0.4) is 0 Å². The van der Waals surface area contributed by atoms with E-state index in [2.05, 4.69) is 63.4 Å². The van der Waals surface area contributed by atoms with E-state index < -0.39 is 0 Å². The summed E-state index contributed by atoms with van der Waals surface area (Å²) in [4.78, 5) is 15.1. The van der Waals surface area contributed by atoms with Crippen LogP contribution in [-0.4, -0.2) is 23.9 Å². The molecule has 1 fully saturated rings. The second-order valence-electron chi connectivity index (χ2n) is 7.49. The van der Waals surface area contributed by atoms with E-state index in [1.807, 2.05) is 18.2 Å². The Morgan fingerprint density at radius 1 is 1.19 bits per heavy atom. The molecule has 1 heterocycles. The molecule has 0 saturated carbocycles. The van der Waals surface area contributed by atoms with Crippen LogP contribution < -0.4 is 5.32 Å². The average Bonchev–Trinajstić information content (AvgIpc) is 2.68. The van der Waals surface area contributed by atoms with E-state index in [0.717, 1.165) is 49.1 Å². The summed E-state index contributed by atoms with van der Waals surface area (Å²) < 4.78 is 1.11. The number of benzene rings is 2. The van der Waals surface area contributed by atoms with Crippen LogP contribution in [0.15, 0.2) is 53.0 Å². The molecule has 2 aromatic carbocycles. The van der Waals surface area contributed by atoms with Crippen LogP contribution in [0.2, 0.25) is 0 Å². The monoisotopic (exact) mass is 428 g/mol. The van der Waals surface area contributed by atoms with Crippen molar-refractivity contribution in [3.05, 3.63) is 64.1 Å². The molecule has 1 saturated heterocycles. The Bertz CT molecular complexity index is 744. The molecular formula is C23H29BrN2O. The van der Waals surface area contributed by atoms with Gasteiger partial charge in [0.1, 0.15) is 0 Å². The third kappa shape index (κ3) is 6.18. The predicted octanol–water partition coefficient (Wildman–Crippen LogP) is 5.64. The van der Waals surface area contributed by atoms with Gasteiger partial charge in [-0.25, -0.2) is 0 Å². The SMILES string of the molecule is CCCCc1ccc(NC(=O)C2CCCN(Cc3cccc(Br)c3)C2)cc1. The standard InChI is InChI=1S/C23H29BrN2O/c1-2-3-6-18-10-12-22(13-11-18)25-23(27)20-8-5-14-26(17-20)16-19-7-4-9-21(24)15-19/h4,7,9-13,15,20H,2-3,5-6,8,14,16-17H2,1H3,(H,25,27). The first-order valence-electron chi connectivity index (χ1n) is 10.0. The molecule has 0 aliphatic carbocycles. The van der Waals surface area contributed by atoms with Crippen molar-refractivity contribution in [2.45, 2.75) is 45.6 Å². The normalized spacial score (nSPS) is 17.6. The largest absolute Gasteiger partial charge is 0.326 e. The van der Waals surface area contributed by atoms with Crippen LogP contribution in [0, 0.1) is 5.92 Å². The highest BCUT2D eigenvalue weighted by atomic mass is 79.9. The Hall–Kier alpha value is -1.65. The van der Waals surface area contributed by atoms with Gasteiger partial charge in [-0.05, 0) is 67.6 Å². The summed E-state index contributed by atoms with van der Waals surface area (Å²) >= 11 is 3.54. The van der Waals surface area contributed by atoms with Crippen LogP contribution in [0.5, 0.6) is 0 Å². The number of piperidine rings is 1. The van der Waals surface area contributed by atoms with Gasteiger partial charge < -0.3 is 5.32 Å². The van der Waals surface area contributed by atoms with Gasteiger partial charge in [0.05, 0.1) is 5.92 Å². The van der Waals surface area contributed by atoms with Crippen molar-refractivity contribution in [3.63, 3.8) is 0 Å². The van der Waals surface area contributed by atoms with Crippen LogP contribution in [0.25, 0.3) is 0 Å². The molecule has 3 nitrogen and oxygen atoms in total. The zero-order chi connectivity index (χ0) is 19.1. The lowest BCUT2D eigenvalue weighted by Crippen LogP contribution is -2.40. The Labute approximate surface area is 171 Å². The van der Waals surface area contributed by atoms with Gasteiger partial charge in [-0.2, -0.15) is 0 Å². The van der Waals surface area contributed by atoms with E-state index in [1.54, 1.807) is 0 Å². The summed E-state index contributed by atoms with van der Waals surface area (Å²) in [6.45, 7) is 4.99. The summed E-state index contributed by atoms with van der Waals surface area (Å²) in [5.74, 6) is 0.209. The minimum Gasteiger partial charge on any atom is -0.326 e. The van der Waals surface area contributed by atoms with E-state index in [4.69, 9.17) is 0 Å². The number of halogens is 1. The van der Waals surface area contributed by atoms with Crippen LogP contribution >= 0.6 is 15.9 Å². The van der Waals surface area contributed by atoms with Crippen molar-refractivity contribution in [1.29, 1.82) is 0 Å². The van der Waals surface area contributed by atoms with Gasteiger partial charge >= 0.3 is 0 Å². The summed E-state index contributed by atoms with van der Waals surface area (Å²) in [6, 6.07) is 16.7. The maximum atomic E-state index is 12.7. The molecule has 0 spiro atoms. The third-order valence-corrected chi connectivity index (χ3v) is 5.71. The number of aryl methyl sites for hydroxylation is 1. The van der Waals surface area contributed by atoms with Gasteiger partial charge in [0.15, 0.2) is 0 Å². The molecule has 0 bridgehead atoms. The predicted molar refractivity (Wildman–Crippen MR) is 116 cm³/mol. The number of amides is 1. The molecule has 27 heavy (non-hydrogen) atoms. The molecule has 144 valence electrons. The van der Waals surface area contributed by atoms with E-state index >= 15 is 0 Å². The molecule has 4 heteroatoms. The van der Waals surface area contributed by atoms with Crippen molar-refractivity contribution in [2.75, 3.05) is 18.4 Å². The van der Waals surface area contributed by atoms with Crippen LogP contribution in [0.1, 0.15) is 43.7 Å². The summed E-state index contributed by atoms with van der Waals surface area (Å²) in [5.41, 5.74) is 3.53. The number of anilines is 1. The van der Waals surface area contributed by atoms with Gasteiger partial charge in [0.2, 0.25) is 5.91 Å². The maximum Gasteiger partial charge on any atom is 0.228 e. The Morgan fingerprint density at radius 2 is 2.00 bits per heavy atom. The van der Waals surface area contributed by atoms with Crippen molar-refractivity contribution in [1.82, 2.24) is 4.90 Å². The van der Waals surface area contributed by atoms with Crippen molar-refractivity contribution < 1.29 is 4.79 Å². The molecule has 0 aromatic heterocycles. The van der Waals surface area contributed by atoms with Gasteiger partial charge in [-0.15, -0.1) is 0 Å². The molecule has 2 aromatic rings. The number of likely N-dealkylation sites (tertiary alicyclic amines) is 1. The minimum atomic E-state index is 0.0608. The number of nitrogens with one attached hydrogen (secondary N) is 1. The fourth-order valence-corrected chi connectivity index (χ4v) is 4.13. The molecule has 1 atom stereocenters. The molecule has 3 rings (SSSR count). The molecule has 1 N–H and O–H groups in total. The number of hydrogen-bond acceptors (Lipinski definition) is 2. The van der Waals surface area contributed by atoms with E-state index in [1.165, 1.54) is 24.0 Å². The topological polar surface area (TPSA) is 32.3 Å². The lowest BCUT2D eigenvalue weighted by atomic mass is 9.96. The number of rotatable bonds is 7. The van der Waals surface area contributed by atoms with Crippen LogP contribution in [0.4, 0.5) is 5.69 Å². The highest BCUT2D eigenvalue weighted by molar-refractivity contribution is 9.10. The fraction of sp³-hybridized carbons (Fsp3) is 0.435. The van der Waals surface area contributed by atoms with E-state index in [-0.39, 0.29) is 11.8 Å². The Balaban J connectivity index is 1.53. The number of unbranched alkanes of at least 4 members (excludes halogenated alkanes) is 1. The second-order valence-corrected chi connectivity index (χ2v) is 8.41. The summed E-state index contributed by atoms with van der Waals surface area (Å²) in [5, 5.41) is 3.12. The lowest BCUT2D eigenvalue weighted by Gasteiger charge is -2.32. The highest BCUT2D eigenvalue weighted by Crippen LogP contribution is 2.22. The quantitative estimate of drug-likeness (QED) is 0.618. The van der Waals surface area contributed by atoms with Crippen molar-refractivity contribution in [2.24, 2.45) is 5.92 Å². The van der Waals surface area contributed by atoms with Crippen molar-refractivity contribution in [3.8, 4) is 0 Å². The Kier molecular flexibility index (Phi) is 7.48. The maximum absolute atomic E-state index is 12.7. The molecule has 0 radical (unpaired) electrons. The second kappa shape index (κ2) is 10.0. The van der Waals surface area contributed by atoms with Gasteiger partial charge in [0.25, 0.3) is 0 Å². The molecule has 1 amide bonds. The number of carbonyl (C=O) groups excluding carboxylic acids is 1. The van der Waals surface area contributed by atoms with Crippen LogP contribution in [-0.2, 0) is 17.8 Å². The van der Waals surface area contributed by atoms with E-state index in [9.17, 15) is 4.79 Å². The van der Waals surface area contributed by atoms with E-state index in [0.29, 0.717) is 0 Å². The first kappa shape index (κ1) is 20.1. The first-order chi connectivity index (χ1) is 13.1. The summed E-state index contributed by atoms with van der Waals surface area (Å²) in [6.07, 6.45) is 5.56. The van der Waals surface area contributed by atoms with Gasteiger partial charge in [-0.1, -0.05) is 53.5 Å². The van der Waals surface area contributed by atoms with Gasteiger partial charge in [-0.3, -0.25) is 9.69 Å². The average molecular weight is 429 g/mol. The lowest BCUT2D eigenvalue weighted by molar-refractivity contribution is -0.121. The number of nitrogens with zero attached hydrogens (tertiary/aromatic N) is 1. The molecule has 1 aliphatic heterocycles. The Morgan fingerprint density at radius 3 is 2.74 bits per heavy atom. The van der Waals surface area contributed by atoms with Gasteiger partial charge in [0, 0.05) is 23.2 Å². The smallest absolute Gasteiger partial charge is 0.228 e. The fourth-order valence-electron chi connectivity index (χ4n) is 3.69. The molecular weight excluding hydrogens is 400 g/mol. The zero-order valence-corrected chi connectivity index (χ0v) is 17.7.